The summed E-state index contributed by atoms with van der Waals surface area (Å²) in [7, 11) is 0. The Kier molecular flexibility index (Phi) is 8.05. The van der Waals surface area contributed by atoms with E-state index in [0.29, 0.717) is 36.1 Å². The number of hydrogen-bond acceptors (Lipinski definition) is 4. The van der Waals surface area contributed by atoms with Crippen LogP contribution in [0.1, 0.15) is 85.5 Å². The number of aromatic nitrogens is 1. The fourth-order valence-electron chi connectivity index (χ4n) is 4.44. The van der Waals surface area contributed by atoms with E-state index in [1.54, 1.807) is 18.7 Å². The van der Waals surface area contributed by atoms with Gasteiger partial charge in [0, 0.05) is 22.6 Å². The van der Waals surface area contributed by atoms with Gasteiger partial charge in [0.1, 0.15) is 11.7 Å². The summed E-state index contributed by atoms with van der Waals surface area (Å²) >= 11 is 1.66. The van der Waals surface area contributed by atoms with E-state index in [2.05, 4.69) is 43.3 Å². The molecule has 0 saturated heterocycles. The molecule has 0 saturated carbocycles. The van der Waals surface area contributed by atoms with Gasteiger partial charge in [-0.05, 0) is 48.6 Å². The van der Waals surface area contributed by atoms with Crippen LogP contribution in [0.5, 0.6) is 0 Å². The highest BCUT2D eigenvalue weighted by Crippen LogP contribution is 2.36. The second-order valence-electron chi connectivity index (χ2n) is 9.51. The van der Waals surface area contributed by atoms with Crippen LogP contribution in [0.3, 0.4) is 0 Å². The molecule has 7 heteroatoms. The number of hydrogen-bond donors (Lipinski definition) is 3. The Morgan fingerprint density at radius 3 is 2.61 bits per heavy atom. The summed E-state index contributed by atoms with van der Waals surface area (Å²) in [5.74, 6) is 0.390. The molecule has 1 aliphatic carbocycles. The Morgan fingerprint density at radius 2 is 1.91 bits per heavy atom. The van der Waals surface area contributed by atoms with Crippen LogP contribution in [0.15, 0.2) is 29.2 Å². The highest BCUT2D eigenvalue weighted by molar-refractivity contribution is 7.99. The first-order chi connectivity index (χ1) is 15.7. The lowest BCUT2D eigenvalue weighted by molar-refractivity contribution is -0.118. The quantitative estimate of drug-likeness (QED) is 0.422. The number of aromatic amines is 1. The van der Waals surface area contributed by atoms with Gasteiger partial charge in [-0.3, -0.25) is 14.4 Å². The number of rotatable bonds is 9. The zero-order valence-corrected chi connectivity index (χ0v) is 21.1. The maximum absolute atomic E-state index is 13.2. The number of carbonyl (C=O) groups is 3. The SMILES string of the molecule is CCCCC(NC(=O)c1[nH]c2c(c1C)C(=O)CC(C)(C)C2)C(=O)Nc1ccccc1SCC. The summed E-state index contributed by atoms with van der Waals surface area (Å²) in [5.41, 5.74) is 3.12. The van der Waals surface area contributed by atoms with E-state index in [1.807, 2.05) is 24.3 Å². The van der Waals surface area contributed by atoms with Crippen LogP contribution in [0.2, 0.25) is 0 Å². The van der Waals surface area contributed by atoms with Crippen LogP contribution >= 0.6 is 11.8 Å². The molecule has 1 atom stereocenters. The number of carbonyl (C=O) groups excluding carboxylic acids is 3. The van der Waals surface area contributed by atoms with Crippen molar-refractivity contribution in [2.24, 2.45) is 5.41 Å². The summed E-state index contributed by atoms with van der Waals surface area (Å²) in [6, 6.07) is 7.03. The number of unbranched alkanes of at least 4 members (excludes halogenated alkanes) is 1. The van der Waals surface area contributed by atoms with Crippen LogP contribution in [-0.2, 0) is 11.2 Å². The molecule has 0 radical (unpaired) electrons. The zero-order valence-electron chi connectivity index (χ0n) is 20.3. The van der Waals surface area contributed by atoms with Crippen molar-refractivity contribution in [3.63, 3.8) is 0 Å². The van der Waals surface area contributed by atoms with Crippen molar-refractivity contribution in [2.75, 3.05) is 11.1 Å². The minimum atomic E-state index is -0.663. The van der Waals surface area contributed by atoms with Gasteiger partial charge in [0.2, 0.25) is 5.91 Å². The molecule has 0 fully saturated rings. The molecule has 3 N–H and O–H groups in total. The van der Waals surface area contributed by atoms with E-state index < -0.39 is 6.04 Å². The number of H-pyrrole nitrogens is 1. The number of ketones is 1. The maximum atomic E-state index is 13.2. The molecular formula is C26H35N3O3S. The third-order valence-corrected chi connectivity index (χ3v) is 7.00. The normalized spacial score (nSPS) is 15.6. The van der Waals surface area contributed by atoms with Crippen LogP contribution in [0.4, 0.5) is 5.69 Å². The molecule has 1 aromatic carbocycles. The minimum absolute atomic E-state index is 0.0688. The van der Waals surface area contributed by atoms with E-state index in [1.165, 1.54) is 0 Å². The highest BCUT2D eigenvalue weighted by Gasteiger charge is 2.35. The number of nitrogens with one attached hydrogen (secondary N) is 3. The molecule has 3 rings (SSSR count). The number of amides is 2. The monoisotopic (exact) mass is 469 g/mol. The van der Waals surface area contributed by atoms with E-state index >= 15 is 0 Å². The van der Waals surface area contributed by atoms with Gasteiger partial charge in [0.15, 0.2) is 5.78 Å². The Hall–Kier alpha value is -2.54. The van der Waals surface area contributed by atoms with Gasteiger partial charge in [-0.15, -0.1) is 11.8 Å². The smallest absolute Gasteiger partial charge is 0.268 e. The van der Waals surface area contributed by atoms with Crippen molar-refractivity contribution in [2.45, 2.75) is 77.7 Å². The Morgan fingerprint density at radius 1 is 1.18 bits per heavy atom. The lowest BCUT2D eigenvalue weighted by atomic mass is 9.75. The van der Waals surface area contributed by atoms with Crippen molar-refractivity contribution in [3.05, 3.63) is 46.8 Å². The third-order valence-electron chi connectivity index (χ3n) is 6.04. The molecule has 0 aliphatic heterocycles. The number of Topliss-reactive ketones (excluding diaryl/α,β-unsaturated/α-hetero) is 1. The molecule has 6 nitrogen and oxygen atoms in total. The largest absolute Gasteiger partial charge is 0.354 e. The first kappa shape index (κ1) is 25.1. The van der Waals surface area contributed by atoms with Gasteiger partial charge in [0.25, 0.3) is 5.91 Å². The van der Waals surface area contributed by atoms with Crippen molar-refractivity contribution in [1.29, 1.82) is 0 Å². The number of fused-ring (bicyclic) bond motifs is 1. The lowest BCUT2D eigenvalue weighted by Crippen LogP contribution is -2.44. The number of para-hydroxylation sites is 1. The molecule has 2 amide bonds. The predicted molar refractivity (Wildman–Crippen MR) is 134 cm³/mol. The van der Waals surface area contributed by atoms with Gasteiger partial charge >= 0.3 is 0 Å². The van der Waals surface area contributed by atoms with Crippen molar-refractivity contribution < 1.29 is 14.4 Å². The molecule has 1 heterocycles. The van der Waals surface area contributed by atoms with E-state index in [-0.39, 0.29) is 23.0 Å². The summed E-state index contributed by atoms with van der Waals surface area (Å²) < 4.78 is 0. The zero-order chi connectivity index (χ0) is 24.2. The van der Waals surface area contributed by atoms with Gasteiger partial charge in [-0.25, -0.2) is 0 Å². The van der Waals surface area contributed by atoms with Crippen LogP contribution in [-0.4, -0.2) is 34.4 Å². The average Bonchev–Trinajstić information content (AvgIpc) is 3.07. The molecule has 1 aliphatic rings. The standard InChI is InChI=1S/C26H35N3O3S/c1-6-8-11-18(24(31)28-17-12-9-10-13-21(17)33-7-2)29-25(32)23-16(3)22-19(27-23)14-26(4,5)15-20(22)30/h9-10,12-13,18,27H,6-8,11,14-15H2,1-5H3,(H,28,31)(H,29,32). The number of anilines is 1. The molecule has 2 aromatic rings. The van der Waals surface area contributed by atoms with Crippen molar-refractivity contribution in [1.82, 2.24) is 10.3 Å². The van der Waals surface area contributed by atoms with Gasteiger partial charge < -0.3 is 15.6 Å². The fourth-order valence-corrected chi connectivity index (χ4v) is 5.20. The molecule has 1 aromatic heterocycles. The lowest BCUT2D eigenvalue weighted by Gasteiger charge is -2.28. The molecule has 0 bridgehead atoms. The molecule has 33 heavy (non-hydrogen) atoms. The summed E-state index contributed by atoms with van der Waals surface area (Å²) in [5, 5.41) is 5.93. The minimum Gasteiger partial charge on any atom is -0.354 e. The fraction of sp³-hybridized carbons (Fsp3) is 0.500. The van der Waals surface area contributed by atoms with Gasteiger partial charge in [0.05, 0.1) is 5.69 Å². The van der Waals surface area contributed by atoms with Crippen LogP contribution in [0, 0.1) is 12.3 Å². The molecule has 0 spiro atoms. The Balaban J connectivity index is 1.80. The summed E-state index contributed by atoms with van der Waals surface area (Å²) in [6.45, 7) is 10.0. The number of thioether (sulfide) groups is 1. The second kappa shape index (κ2) is 10.6. The molecule has 1 unspecified atom stereocenters. The average molecular weight is 470 g/mol. The Bertz CT molecular complexity index is 1040. The second-order valence-corrected chi connectivity index (χ2v) is 10.8. The van der Waals surface area contributed by atoms with Crippen LogP contribution in [0.25, 0.3) is 0 Å². The first-order valence-corrected chi connectivity index (χ1v) is 12.7. The highest BCUT2D eigenvalue weighted by atomic mass is 32.2. The Labute approximate surface area is 200 Å². The third kappa shape index (κ3) is 5.88. The van der Waals surface area contributed by atoms with Crippen molar-refractivity contribution in [3.8, 4) is 0 Å². The number of benzene rings is 1. The summed E-state index contributed by atoms with van der Waals surface area (Å²) in [6.07, 6.45) is 3.46. The predicted octanol–water partition coefficient (Wildman–Crippen LogP) is 5.52. The molecular weight excluding hydrogens is 434 g/mol. The van der Waals surface area contributed by atoms with E-state index in [0.717, 1.165) is 34.9 Å². The maximum Gasteiger partial charge on any atom is 0.268 e. The van der Waals surface area contributed by atoms with E-state index in [4.69, 9.17) is 0 Å². The summed E-state index contributed by atoms with van der Waals surface area (Å²) in [4.78, 5) is 43.3. The topological polar surface area (TPSA) is 91.1 Å². The van der Waals surface area contributed by atoms with Gasteiger partial charge in [-0.2, -0.15) is 0 Å². The van der Waals surface area contributed by atoms with Crippen LogP contribution < -0.4 is 10.6 Å². The van der Waals surface area contributed by atoms with Crippen molar-refractivity contribution >= 4 is 35.0 Å². The van der Waals surface area contributed by atoms with Gasteiger partial charge in [-0.1, -0.05) is 52.7 Å². The molecule has 178 valence electrons. The van der Waals surface area contributed by atoms with E-state index in [9.17, 15) is 14.4 Å². The first-order valence-electron chi connectivity index (χ1n) is 11.7.